The maximum absolute atomic E-state index is 9.67. The second-order valence-corrected chi connectivity index (χ2v) is 12.0. The van der Waals surface area contributed by atoms with Crippen molar-refractivity contribution >= 4 is 54.3 Å². The first-order chi connectivity index (χ1) is 28.9. The Kier molecular flexibility index (Phi) is 4.25. The van der Waals surface area contributed by atoms with E-state index in [1.807, 2.05) is 66.7 Å². The quantitative estimate of drug-likeness (QED) is 0.176. The van der Waals surface area contributed by atoms with Crippen LogP contribution in [0.5, 0.6) is 0 Å². The molecular formula is C48H30O. The van der Waals surface area contributed by atoms with Gasteiger partial charge in [0.1, 0.15) is 11.2 Å². The Morgan fingerprint density at radius 2 is 0.980 bits per heavy atom. The Labute approximate surface area is 299 Å². The van der Waals surface area contributed by atoms with Crippen LogP contribution >= 0.6 is 0 Å². The maximum atomic E-state index is 9.67. The molecule has 0 N–H and O–H groups in total. The zero-order valence-corrected chi connectivity index (χ0v) is 25.9. The molecule has 0 aliphatic rings. The van der Waals surface area contributed by atoms with Crippen LogP contribution in [0.25, 0.3) is 98.8 Å². The normalized spacial score (nSPS) is 14.8. The third kappa shape index (κ3) is 4.47. The van der Waals surface area contributed by atoms with Gasteiger partial charge in [0.15, 0.2) is 0 Å². The van der Waals surface area contributed by atoms with Crippen molar-refractivity contribution in [2.24, 2.45) is 0 Å². The maximum Gasteiger partial charge on any atom is 0.136 e. The Hall–Kier alpha value is -6.44. The van der Waals surface area contributed by atoms with Gasteiger partial charge in [-0.1, -0.05) is 151 Å². The molecule has 0 unspecified atom stereocenters. The van der Waals surface area contributed by atoms with Crippen molar-refractivity contribution in [3.8, 4) is 44.5 Å². The highest BCUT2D eigenvalue weighted by molar-refractivity contribution is 6.22. The SMILES string of the molecule is [2H]c1c([2H])c([2H])c(-c2c([2H])c([2H])c3oc4c([2H])c(-c5c6ccccc6c(-c6cccc(-c7cccc8ccccc78)c6)c6ccccc56)c([2H])c([2H])c4c3c2[2H])c([2H])c1[2H]. The van der Waals surface area contributed by atoms with Gasteiger partial charge in [-0.3, -0.25) is 0 Å². The molecular weight excluding hydrogens is 593 g/mol. The van der Waals surface area contributed by atoms with Crippen LogP contribution in [-0.4, -0.2) is 0 Å². The molecule has 0 spiro atoms. The molecule has 1 aromatic heterocycles. The van der Waals surface area contributed by atoms with Gasteiger partial charge >= 0.3 is 0 Å². The van der Waals surface area contributed by atoms with Crippen LogP contribution in [0.1, 0.15) is 15.1 Å². The van der Waals surface area contributed by atoms with Crippen molar-refractivity contribution < 1.29 is 19.5 Å². The summed E-state index contributed by atoms with van der Waals surface area (Å²) >= 11 is 0. The van der Waals surface area contributed by atoms with Crippen LogP contribution in [0.15, 0.2) is 186 Å². The second-order valence-electron chi connectivity index (χ2n) is 12.0. The topological polar surface area (TPSA) is 13.1 Å². The van der Waals surface area contributed by atoms with E-state index in [1.54, 1.807) is 0 Å². The standard InChI is InChI=1S/C48H30O/c1-2-12-31(13-3-1)33-25-27-45-44(29-33)39-26-24-36(30-46(39)49-45)48-42-21-8-6-19-40(42)47(41-20-7-9-22-43(41)48)35-17-10-16-34(28-35)38-23-11-15-32-14-4-5-18-37(32)38/h1-30H/i1D,2D,3D,12D,13D,24D,25D,26D,27D,29D,30D. The molecule has 1 heterocycles. The zero-order valence-electron chi connectivity index (χ0n) is 36.9. The first-order valence-electron chi connectivity index (χ1n) is 21.5. The van der Waals surface area contributed by atoms with Crippen molar-refractivity contribution in [2.45, 2.75) is 0 Å². The molecule has 0 saturated heterocycles. The largest absolute Gasteiger partial charge is 0.456 e. The molecule has 1 nitrogen and oxygen atoms in total. The molecule has 0 atom stereocenters. The summed E-state index contributed by atoms with van der Waals surface area (Å²) in [6, 6.07) is 32.6. The summed E-state index contributed by atoms with van der Waals surface area (Å²) in [4.78, 5) is 0. The highest BCUT2D eigenvalue weighted by Gasteiger charge is 2.18. The van der Waals surface area contributed by atoms with Gasteiger partial charge < -0.3 is 4.42 Å². The van der Waals surface area contributed by atoms with Crippen molar-refractivity contribution in [2.75, 3.05) is 0 Å². The Morgan fingerprint density at radius 3 is 1.73 bits per heavy atom. The fraction of sp³-hybridized carbons (Fsp3) is 0. The lowest BCUT2D eigenvalue weighted by atomic mass is 9.85. The van der Waals surface area contributed by atoms with Crippen molar-refractivity contribution in [3.05, 3.63) is 182 Å². The Morgan fingerprint density at radius 1 is 0.367 bits per heavy atom. The summed E-state index contributed by atoms with van der Waals surface area (Å²) in [6.07, 6.45) is 0. The highest BCUT2D eigenvalue weighted by atomic mass is 16.3. The van der Waals surface area contributed by atoms with Crippen LogP contribution in [0, 0.1) is 0 Å². The Balaban J connectivity index is 1.26. The molecule has 228 valence electrons. The third-order valence-electron chi connectivity index (χ3n) is 9.19. The number of fused-ring (bicyclic) bond motifs is 6. The van der Waals surface area contributed by atoms with E-state index in [1.165, 1.54) is 0 Å². The molecule has 0 aliphatic heterocycles. The summed E-state index contributed by atoms with van der Waals surface area (Å²) in [5, 5.41) is 5.21. The predicted molar refractivity (Wildman–Crippen MR) is 208 cm³/mol. The van der Waals surface area contributed by atoms with E-state index in [4.69, 9.17) is 14.0 Å². The molecule has 10 aromatic rings. The molecule has 0 fully saturated rings. The van der Waals surface area contributed by atoms with E-state index in [9.17, 15) is 5.48 Å². The lowest BCUT2D eigenvalue weighted by molar-refractivity contribution is 0.669. The van der Waals surface area contributed by atoms with Crippen LogP contribution in [0.2, 0.25) is 0 Å². The fourth-order valence-electron chi connectivity index (χ4n) is 7.04. The van der Waals surface area contributed by atoms with Crippen LogP contribution < -0.4 is 0 Å². The van der Waals surface area contributed by atoms with E-state index in [0.717, 1.165) is 54.6 Å². The number of hydrogen-bond acceptors (Lipinski definition) is 1. The summed E-state index contributed by atoms with van der Waals surface area (Å²) in [6.45, 7) is 0. The molecule has 0 aliphatic carbocycles. The van der Waals surface area contributed by atoms with Gasteiger partial charge in [0.2, 0.25) is 0 Å². The molecule has 0 bridgehead atoms. The minimum atomic E-state index is -0.663. The summed E-state index contributed by atoms with van der Waals surface area (Å²) < 4.78 is 104. The molecule has 0 amide bonds. The van der Waals surface area contributed by atoms with Gasteiger partial charge in [0.05, 0.1) is 15.1 Å². The molecule has 1 heteroatoms. The lowest BCUT2D eigenvalue weighted by Crippen LogP contribution is -1.91. The van der Waals surface area contributed by atoms with E-state index >= 15 is 0 Å². The van der Waals surface area contributed by atoms with Gasteiger partial charge in [0.25, 0.3) is 0 Å². The molecule has 0 saturated carbocycles. The monoisotopic (exact) mass is 633 g/mol. The average molecular weight is 634 g/mol. The minimum Gasteiger partial charge on any atom is -0.456 e. The van der Waals surface area contributed by atoms with E-state index in [-0.39, 0.29) is 45.6 Å². The van der Waals surface area contributed by atoms with Crippen molar-refractivity contribution in [1.29, 1.82) is 0 Å². The van der Waals surface area contributed by atoms with Gasteiger partial charge in [-0.05, 0) is 107 Å². The summed E-state index contributed by atoms with van der Waals surface area (Å²) in [5.74, 6) is 0. The summed E-state index contributed by atoms with van der Waals surface area (Å²) in [5.41, 5.74) is 3.47. The summed E-state index contributed by atoms with van der Waals surface area (Å²) in [7, 11) is 0. The highest BCUT2D eigenvalue weighted by Crippen LogP contribution is 2.45. The van der Waals surface area contributed by atoms with E-state index in [2.05, 4.69) is 48.5 Å². The third-order valence-corrected chi connectivity index (χ3v) is 9.19. The smallest absolute Gasteiger partial charge is 0.136 e. The van der Waals surface area contributed by atoms with E-state index < -0.39 is 59.5 Å². The lowest BCUT2D eigenvalue weighted by Gasteiger charge is -2.18. The Bertz CT molecular complexity index is 3430. The molecule has 10 rings (SSSR count). The van der Waals surface area contributed by atoms with Crippen LogP contribution in [0.3, 0.4) is 0 Å². The van der Waals surface area contributed by atoms with Gasteiger partial charge in [-0.15, -0.1) is 0 Å². The van der Waals surface area contributed by atoms with Crippen LogP contribution in [0.4, 0.5) is 0 Å². The average Bonchev–Trinajstić information content (AvgIpc) is 3.69. The second kappa shape index (κ2) is 11.1. The first-order valence-corrected chi connectivity index (χ1v) is 16.0. The van der Waals surface area contributed by atoms with E-state index in [0.29, 0.717) is 5.56 Å². The number of hydrogen-bond donors (Lipinski definition) is 0. The number of rotatable bonds is 4. The molecule has 0 radical (unpaired) electrons. The van der Waals surface area contributed by atoms with Crippen molar-refractivity contribution in [3.63, 3.8) is 0 Å². The predicted octanol–water partition coefficient (Wildman–Crippen LogP) is 13.7. The van der Waals surface area contributed by atoms with Gasteiger partial charge in [-0.2, -0.15) is 0 Å². The van der Waals surface area contributed by atoms with Crippen LogP contribution in [-0.2, 0) is 0 Å². The van der Waals surface area contributed by atoms with Gasteiger partial charge in [-0.25, -0.2) is 0 Å². The first kappa shape index (κ1) is 18.8. The minimum absolute atomic E-state index is 0.105. The van der Waals surface area contributed by atoms with Crippen molar-refractivity contribution in [1.82, 2.24) is 0 Å². The van der Waals surface area contributed by atoms with Gasteiger partial charge in [0, 0.05) is 10.8 Å². The fourth-order valence-corrected chi connectivity index (χ4v) is 7.04. The number of benzene rings is 9. The zero-order chi connectivity index (χ0) is 41.9. The number of furan rings is 1. The molecule has 9 aromatic carbocycles. The molecule has 49 heavy (non-hydrogen) atoms.